The van der Waals surface area contributed by atoms with Gasteiger partial charge in [0.25, 0.3) is 5.91 Å². The third-order valence-corrected chi connectivity index (χ3v) is 4.99. The molecule has 0 saturated carbocycles. The highest BCUT2D eigenvalue weighted by Gasteiger charge is 2.22. The van der Waals surface area contributed by atoms with Gasteiger partial charge in [-0.3, -0.25) is 9.59 Å². The van der Waals surface area contributed by atoms with Crippen LogP contribution in [0.2, 0.25) is 10.0 Å². The van der Waals surface area contributed by atoms with E-state index in [9.17, 15) is 14.4 Å². The maximum atomic E-state index is 12.6. The number of aromatic carboxylic acids is 1. The highest BCUT2D eigenvalue weighted by atomic mass is 35.5. The largest absolute Gasteiger partial charge is 0.478 e. The number of benzene rings is 2. The molecule has 162 valence electrons. The molecule has 0 aromatic heterocycles. The molecule has 1 atom stereocenters. The van der Waals surface area contributed by atoms with Crippen LogP contribution in [0.3, 0.4) is 0 Å². The monoisotopic (exact) mass is 461 g/mol. The fourth-order valence-corrected chi connectivity index (χ4v) is 3.66. The Morgan fingerprint density at radius 3 is 2.13 bits per heavy atom. The summed E-state index contributed by atoms with van der Waals surface area (Å²) < 4.78 is 0. The summed E-state index contributed by atoms with van der Waals surface area (Å²) in [6, 6.07) is 10.1. The van der Waals surface area contributed by atoms with Gasteiger partial charge < -0.3 is 15.7 Å². The van der Waals surface area contributed by atoms with Crippen LogP contribution in [0.15, 0.2) is 36.4 Å². The number of carboxylic acid groups (broad SMARTS) is 1. The first kappa shape index (κ1) is 24.2. The zero-order valence-corrected chi connectivity index (χ0v) is 18.4. The SMILES string of the molecule is CC(C)C[C@H](NC(=O)c1ccc(-c2c(Cl)cc(C(=O)O)cc2Cl)cc1)C(=O)NCC#N. The average molecular weight is 462 g/mol. The summed E-state index contributed by atoms with van der Waals surface area (Å²) in [6.45, 7) is 3.71. The molecule has 2 aromatic rings. The first-order valence-corrected chi connectivity index (χ1v) is 10.2. The highest BCUT2D eigenvalue weighted by Crippen LogP contribution is 2.36. The Balaban J connectivity index is 2.22. The highest BCUT2D eigenvalue weighted by molar-refractivity contribution is 6.39. The van der Waals surface area contributed by atoms with Crippen molar-refractivity contribution in [3.8, 4) is 17.2 Å². The maximum Gasteiger partial charge on any atom is 0.335 e. The van der Waals surface area contributed by atoms with Crippen LogP contribution >= 0.6 is 23.2 Å². The van der Waals surface area contributed by atoms with Crippen LogP contribution in [0.4, 0.5) is 0 Å². The second-order valence-corrected chi connectivity index (χ2v) is 8.04. The third-order valence-electron chi connectivity index (χ3n) is 4.40. The molecule has 0 aliphatic heterocycles. The Bertz CT molecular complexity index is 1010. The molecule has 0 heterocycles. The standard InChI is InChI=1S/C22H21Cl2N3O4/c1-12(2)9-18(21(29)26-8-7-25)27-20(28)14-5-3-13(4-6-14)19-16(23)10-15(22(30)31)11-17(19)24/h3-6,10-12,18H,8-9H2,1-2H3,(H,26,29)(H,27,28)(H,30,31)/t18-/m0/s1. The van der Waals surface area contributed by atoms with Gasteiger partial charge in [-0.25, -0.2) is 4.79 Å². The van der Waals surface area contributed by atoms with Gasteiger partial charge in [0.2, 0.25) is 5.91 Å². The summed E-state index contributed by atoms with van der Waals surface area (Å²) in [5.74, 6) is -1.85. The van der Waals surface area contributed by atoms with Crippen LogP contribution < -0.4 is 10.6 Å². The van der Waals surface area contributed by atoms with Crippen molar-refractivity contribution < 1.29 is 19.5 Å². The summed E-state index contributed by atoms with van der Waals surface area (Å²) in [5.41, 5.74) is 1.35. The minimum Gasteiger partial charge on any atom is -0.478 e. The topological polar surface area (TPSA) is 119 Å². The molecule has 0 aliphatic rings. The zero-order valence-electron chi connectivity index (χ0n) is 16.9. The zero-order chi connectivity index (χ0) is 23.1. The van der Waals surface area contributed by atoms with Gasteiger partial charge in [0.05, 0.1) is 21.7 Å². The molecule has 2 aromatic carbocycles. The Morgan fingerprint density at radius 1 is 1.06 bits per heavy atom. The molecule has 0 saturated heterocycles. The van der Waals surface area contributed by atoms with Gasteiger partial charge in [-0.1, -0.05) is 49.2 Å². The van der Waals surface area contributed by atoms with E-state index in [0.29, 0.717) is 23.1 Å². The molecule has 31 heavy (non-hydrogen) atoms. The van der Waals surface area contributed by atoms with Crippen molar-refractivity contribution in [2.75, 3.05) is 6.54 Å². The molecule has 0 fully saturated rings. The van der Waals surface area contributed by atoms with Crippen LogP contribution in [0.25, 0.3) is 11.1 Å². The lowest BCUT2D eigenvalue weighted by Crippen LogP contribution is -2.47. The lowest BCUT2D eigenvalue weighted by Gasteiger charge is -2.19. The van der Waals surface area contributed by atoms with E-state index >= 15 is 0 Å². The molecule has 3 N–H and O–H groups in total. The Morgan fingerprint density at radius 2 is 1.65 bits per heavy atom. The summed E-state index contributed by atoms with van der Waals surface area (Å²) >= 11 is 12.4. The van der Waals surface area contributed by atoms with Crippen LogP contribution in [0.5, 0.6) is 0 Å². The maximum absolute atomic E-state index is 12.6. The average Bonchev–Trinajstić information content (AvgIpc) is 2.71. The van der Waals surface area contributed by atoms with E-state index in [0.717, 1.165) is 0 Å². The minimum atomic E-state index is -1.14. The summed E-state index contributed by atoms with van der Waals surface area (Å²) in [4.78, 5) is 36.0. The Hall–Kier alpha value is -3.08. The second kappa shape index (κ2) is 10.8. The fourth-order valence-electron chi connectivity index (χ4n) is 2.95. The lowest BCUT2D eigenvalue weighted by molar-refractivity contribution is -0.123. The van der Waals surface area contributed by atoms with Crippen molar-refractivity contribution in [3.05, 3.63) is 57.6 Å². The predicted molar refractivity (Wildman–Crippen MR) is 118 cm³/mol. The normalized spacial score (nSPS) is 11.5. The molecule has 7 nitrogen and oxygen atoms in total. The van der Waals surface area contributed by atoms with Crippen molar-refractivity contribution in [3.63, 3.8) is 0 Å². The van der Waals surface area contributed by atoms with E-state index in [2.05, 4.69) is 10.6 Å². The second-order valence-electron chi connectivity index (χ2n) is 7.23. The van der Waals surface area contributed by atoms with E-state index in [1.54, 1.807) is 24.3 Å². The molecule has 0 radical (unpaired) electrons. The number of carbonyl (C=O) groups excluding carboxylic acids is 2. The van der Waals surface area contributed by atoms with Crippen molar-refractivity contribution >= 4 is 41.0 Å². The van der Waals surface area contributed by atoms with E-state index in [1.807, 2.05) is 19.9 Å². The number of nitriles is 1. The summed E-state index contributed by atoms with van der Waals surface area (Å²) in [6.07, 6.45) is 0.419. The van der Waals surface area contributed by atoms with Gasteiger partial charge in [-0.15, -0.1) is 0 Å². The predicted octanol–water partition coefficient (Wildman–Crippen LogP) is 4.14. The van der Waals surface area contributed by atoms with Crippen molar-refractivity contribution in [1.29, 1.82) is 5.26 Å². The number of carboxylic acids is 1. The van der Waals surface area contributed by atoms with Gasteiger partial charge in [0.1, 0.15) is 12.6 Å². The number of nitrogens with zero attached hydrogens (tertiary/aromatic N) is 1. The Labute approximate surface area is 190 Å². The van der Waals surface area contributed by atoms with Crippen LogP contribution in [-0.4, -0.2) is 35.5 Å². The molecule has 2 amide bonds. The number of rotatable bonds is 8. The molecular weight excluding hydrogens is 441 g/mol. The first-order valence-electron chi connectivity index (χ1n) is 9.42. The van der Waals surface area contributed by atoms with Crippen molar-refractivity contribution in [2.45, 2.75) is 26.3 Å². The third kappa shape index (κ3) is 6.45. The van der Waals surface area contributed by atoms with Crippen molar-refractivity contribution in [1.82, 2.24) is 10.6 Å². The van der Waals surface area contributed by atoms with Crippen LogP contribution in [-0.2, 0) is 4.79 Å². The molecule has 0 unspecified atom stereocenters. The van der Waals surface area contributed by atoms with E-state index in [1.165, 1.54) is 12.1 Å². The first-order chi connectivity index (χ1) is 14.6. The number of carbonyl (C=O) groups is 3. The lowest BCUT2D eigenvalue weighted by atomic mass is 10.0. The summed E-state index contributed by atoms with van der Waals surface area (Å²) in [5, 5.41) is 23.3. The molecule has 0 aliphatic carbocycles. The molecule has 0 bridgehead atoms. The Kier molecular flexibility index (Phi) is 8.43. The van der Waals surface area contributed by atoms with Gasteiger partial charge in [-0.2, -0.15) is 5.26 Å². The van der Waals surface area contributed by atoms with Gasteiger partial charge in [-0.05, 0) is 42.2 Å². The van der Waals surface area contributed by atoms with E-state index in [-0.39, 0.29) is 28.1 Å². The quantitative estimate of drug-likeness (QED) is 0.510. The van der Waals surface area contributed by atoms with E-state index in [4.69, 9.17) is 33.6 Å². The number of nitrogens with one attached hydrogen (secondary N) is 2. The molecule has 2 rings (SSSR count). The number of halogens is 2. The van der Waals surface area contributed by atoms with Crippen LogP contribution in [0.1, 0.15) is 41.0 Å². The smallest absolute Gasteiger partial charge is 0.335 e. The van der Waals surface area contributed by atoms with Crippen LogP contribution in [0, 0.1) is 17.2 Å². The fraction of sp³-hybridized carbons (Fsp3) is 0.273. The molecule has 9 heteroatoms. The number of hydrogen-bond donors (Lipinski definition) is 3. The minimum absolute atomic E-state index is 0.0272. The number of amides is 2. The molecule has 0 spiro atoms. The van der Waals surface area contributed by atoms with Gasteiger partial charge >= 0.3 is 5.97 Å². The molecular formula is C22H21Cl2N3O4. The number of hydrogen-bond acceptors (Lipinski definition) is 4. The van der Waals surface area contributed by atoms with Crippen molar-refractivity contribution in [2.24, 2.45) is 5.92 Å². The van der Waals surface area contributed by atoms with Gasteiger partial charge in [0.15, 0.2) is 0 Å². The van der Waals surface area contributed by atoms with Gasteiger partial charge in [0, 0.05) is 11.1 Å². The summed E-state index contributed by atoms with van der Waals surface area (Å²) in [7, 11) is 0. The van der Waals surface area contributed by atoms with E-state index < -0.39 is 23.8 Å².